The Morgan fingerprint density at radius 2 is 1.73 bits per heavy atom. The fourth-order valence-electron chi connectivity index (χ4n) is 2.28. The maximum absolute atomic E-state index is 12.5. The third kappa shape index (κ3) is 7.21. The van der Waals surface area contributed by atoms with Crippen LogP contribution in [0.3, 0.4) is 0 Å². The third-order valence-electron chi connectivity index (χ3n) is 3.70. The Morgan fingerprint density at radius 1 is 1.03 bits per heavy atom. The number of rotatable bonds is 8. The lowest BCUT2D eigenvalue weighted by atomic mass is 10.2. The van der Waals surface area contributed by atoms with Gasteiger partial charge in [-0.3, -0.25) is 25.8 Å². The molecule has 0 aliphatic heterocycles. The summed E-state index contributed by atoms with van der Waals surface area (Å²) in [6, 6.07) is 13.5. The Balaban J connectivity index is 1.88. The van der Waals surface area contributed by atoms with E-state index >= 15 is 0 Å². The highest BCUT2D eigenvalue weighted by Gasteiger charge is 2.14. The van der Waals surface area contributed by atoms with Gasteiger partial charge >= 0.3 is 0 Å². The van der Waals surface area contributed by atoms with E-state index in [-0.39, 0.29) is 5.11 Å². The van der Waals surface area contributed by atoms with Crippen LogP contribution in [0.1, 0.15) is 34.6 Å². The van der Waals surface area contributed by atoms with Crippen LogP contribution < -0.4 is 25.6 Å². The number of carbonyl (C=O) groups is 2. The molecular formula is C22H25N3O4S. The lowest BCUT2D eigenvalue weighted by molar-refractivity contribution is 0.0933. The van der Waals surface area contributed by atoms with Gasteiger partial charge in [-0.15, -0.1) is 0 Å². The Morgan fingerprint density at radius 3 is 2.40 bits per heavy atom. The fraction of sp³-hybridized carbons (Fsp3) is 0.227. The van der Waals surface area contributed by atoms with Crippen molar-refractivity contribution in [2.24, 2.45) is 5.92 Å². The standard InChI is InChI=1S/C22H25N3O4S/c1-4-13-28-17-11-9-16(10-12-17)20(26)24-25-22(30)23-21(27)18-7-5-6-8-19(18)29-14-15(2)3/h4-12,15H,1,13-14H2,2-3H3,(H,24,26)(H2,23,25,27,30). The molecule has 30 heavy (non-hydrogen) atoms. The molecule has 2 amide bonds. The van der Waals surface area contributed by atoms with E-state index in [2.05, 4.69) is 22.7 Å². The number of hydrogen-bond acceptors (Lipinski definition) is 5. The lowest BCUT2D eigenvalue weighted by Crippen LogP contribution is -2.48. The van der Waals surface area contributed by atoms with Gasteiger partial charge in [0.1, 0.15) is 18.1 Å². The Labute approximate surface area is 181 Å². The smallest absolute Gasteiger partial charge is 0.269 e. The average molecular weight is 428 g/mol. The Kier molecular flexibility index (Phi) is 8.83. The first-order valence-corrected chi connectivity index (χ1v) is 9.78. The summed E-state index contributed by atoms with van der Waals surface area (Å²) in [5.74, 6) is 0.559. The molecule has 0 saturated carbocycles. The number of ether oxygens (including phenoxy) is 2. The monoisotopic (exact) mass is 427 g/mol. The lowest BCUT2D eigenvalue weighted by Gasteiger charge is -2.14. The van der Waals surface area contributed by atoms with Crippen LogP contribution in [0.25, 0.3) is 0 Å². The van der Waals surface area contributed by atoms with Crippen molar-refractivity contribution in [3.8, 4) is 11.5 Å². The van der Waals surface area contributed by atoms with Gasteiger partial charge in [0.25, 0.3) is 11.8 Å². The summed E-state index contributed by atoms with van der Waals surface area (Å²) >= 11 is 5.09. The predicted octanol–water partition coefficient (Wildman–Crippen LogP) is 3.24. The summed E-state index contributed by atoms with van der Waals surface area (Å²) in [6.07, 6.45) is 1.63. The van der Waals surface area contributed by atoms with Crippen LogP contribution in [0.15, 0.2) is 61.2 Å². The third-order valence-corrected chi connectivity index (χ3v) is 3.91. The Hall–Kier alpha value is -3.39. The van der Waals surface area contributed by atoms with Crippen LogP contribution in [-0.4, -0.2) is 30.1 Å². The molecular weight excluding hydrogens is 402 g/mol. The van der Waals surface area contributed by atoms with Gasteiger partial charge in [-0.05, 0) is 54.5 Å². The van der Waals surface area contributed by atoms with E-state index < -0.39 is 11.8 Å². The number of benzene rings is 2. The zero-order valence-corrected chi connectivity index (χ0v) is 17.8. The second-order valence-corrected chi connectivity index (χ2v) is 7.10. The van der Waals surface area contributed by atoms with Gasteiger partial charge in [-0.2, -0.15) is 0 Å². The van der Waals surface area contributed by atoms with Crippen LogP contribution in [0, 0.1) is 5.92 Å². The van der Waals surface area contributed by atoms with E-state index in [9.17, 15) is 9.59 Å². The van der Waals surface area contributed by atoms with Crippen molar-refractivity contribution in [3.05, 3.63) is 72.3 Å². The summed E-state index contributed by atoms with van der Waals surface area (Å²) in [4.78, 5) is 24.7. The van der Waals surface area contributed by atoms with E-state index in [1.54, 1.807) is 54.6 Å². The van der Waals surface area contributed by atoms with Crippen molar-refractivity contribution in [2.45, 2.75) is 13.8 Å². The maximum Gasteiger partial charge on any atom is 0.269 e. The molecule has 0 radical (unpaired) electrons. The van der Waals surface area contributed by atoms with Crippen LogP contribution in [0.4, 0.5) is 0 Å². The predicted molar refractivity (Wildman–Crippen MR) is 120 cm³/mol. The van der Waals surface area contributed by atoms with Gasteiger partial charge in [-0.25, -0.2) is 0 Å². The number of amides is 2. The number of thiocarbonyl (C=S) groups is 1. The first-order chi connectivity index (χ1) is 14.4. The van der Waals surface area contributed by atoms with Crippen LogP contribution >= 0.6 is 12.2 Å². The minimum atomic E-state index is -0.440. The number of carbonyl (C=O) groups excluding carboxylic acids is 2. The molecule has 0 aliphatic carbocycles. The van der Waals surface area contributed by atoms with Crippen molar-refractivity contribution in [1.82, 2.24) is 16.2 Å². The zero-order chi connectivity index (χ0) is 21.9. The second kappa shape index (κ2) is 11.6. The van der Waals surface area contributed by atoms with E-state index in [0.717, 1.165) is 0 Å². The van der Waals surface area contributed by atoms with Crippen molar-refractivity contribution in [1.29, 1.82) is 0 Å². The molecule has 0 aromatic heterocycles. The summed E-state index contributed by atoms with van der Waals surface area (Å²) in [6.45, 7) is 8.48. The van der Waals surface area contributed by atoms with Gasteiger partial charge in [0.05, 0.1) is 12.2 Å². The molecule has 0 bridgehead atoms. The molecule has 158 valence electrons. The number of para-hydroxylation sites is 1. The Bertz CT molecular complexity index is 898. The van der Waals surface area contributed by atoms with Crippen LogP contribution in [0.5, 0.6) is 11.5 Å². The molecule has 2 aromatic carbocycles. The molecule has 0 spiro atoms. The number of nitrogens with one attached hydrogen (secondary N) is 3. The minimum Gasteiger partial charge on any atom is -0.492 e. The molecule has 0 heterocycles. The van der Waals surface area contributed by atoms with Crippen LogP contribution in [0.2, 0.25) is 0 Å². The van der Waals surface area contributed by atoms with E-state index in [1.807, 2.05) is 13.8 Å². The highest BCUT2D eigenvalue weighted by molar-refractivity contribution is 7.80. The van der Waals surface area contributed by atoms with Gasteiger partial charge in [0, 0.05) is 5.56 Å². The minimum absolute atomic E-state index is 0.0436. The molecule has 0 fully saturated rings. The highest BCUT2D eigenvalue weighted by Crippen LogP contribution is 2.18. The molecule has 7 nitrogen and oxygen atoms in total. The first-order valence-electron chi connectivity index (χ1n) is 9.38. The first kappa shape index (κ1) is 22.9. The SMILES string of the molecule is C=CCOc1ccc(C(=O)NNC(=S)NC(=O)c2ccccc2OCC(C)C)cc1. The van der Waals surface area contributed by atoms with Gasteiger partial charge in [-0.1, -0.05) is 38.6 Å². The fourth-order valence-corrected chi connectivity index (χ4v) is 2.43. The van der Waals surface area contributed by atoms with Crippen molar-refractivity contribution in [3.63, 3.8) is 0 Å². The van der Waals surface area contributed by atoms with E-state index in [0.29, 0.717) is 41.8 Å². The molecule has 0 aliphatic rings. The average Bonchev–Trinajstić information content (AvgIpc) is 2.75. The molecule has 0 unspecified atom stereocenters. The molecule has 0 saturated heterocycles. The second-order valence-electron chi connectivity index (χ2n) is 6.69. The largest absolute Gasteiger partial charge is 0.492 e. The summed E-state index contributed by atoms with van der Waals surface area (Å²) in [5.41, 5.74) is 5.70. The van der Waals surface area contributed by atoms with Crippen LogP contribution in [-0.2, 0) is 0 Å². The highest BCUT2D eigenvalue weighted by atomic mass is 32.1. The quantitative estimate of drug-likeness (QED) is 0.341. The van der Waals surface area contributed by atoms with Crippen molar-refractivity contribution in [2.75, 3.05) is 13.2 Å². The van der Waals surface area contributed by atoms with Gasteiger partial charge in [0.2, 0.25) is 0 Å². The van der Waals surface area contributed by atoms with Gasteiger partial charge in [0.15, 0.2) is 5.11 Å². The normalized spacial score (nSPS) is 10.1. The maximum atomic E-state index is 12.5. The molecule has 8 heteroatoms. The molecule has 2 aromatic rings. The number of hydrogen-bond donors (Lipinski definition) is 3. The number of hydrazine groups is 1. The van der Waals surface area contributed by atoms with Crippen molar-refractivity contribution >= 4 is 29.1 Å². The van der Waals surface area contributed by atoms with Gasteiger partial charge < -0.3 is 9.47 Å². The molecule has 2 rings (SSSR count). The summed E-state index contributed by atoms with van der Waals surface area (Å²) in [5, 5.41) is 2.48. The van der Waals surface area contributed by atoms with E-state index in [1.165, 1.54) is 0 Å². The molecule has 0 atom stereocenters. The molecule has 3 N–H and O–H groups in total. The summed E-state index contributed by atoms with van der Waals surface area (Å²) < 4.78 is 11.1. The van der Waals surface area contributed by atoms with E-state index in [4.69, 9.17) is 21.7 Å². The topological polar surface area (TPSA) is 88.7 Å². The summed E-state index contributed by atoms with van der Waals surface area (Å²) in [7, 11) is 0. The van der Waals surface area contributed by atoms with Crippen molar-refractivity contribution < 1.29 is 19.1 Å². The zero-order valence-electron chi connectivity index (χ0n) is 16.9.